The third-order valence-corrected chi connectivity index (χ3v) is 9.78. The number of rotatable bonds is 6. The van der Waals surface area contributed by atoms with Crippen molar-refractivity contribution in [3.8, 4) is 0 Å². The molecular formula is C26H24O5S3. The van der Waals surface area contributed by atoms with Gasteiger partial charge in [0.25, 0.3) is 0 Å². The van der Waals surface area contributed by atoms with Crippen molar-refractivity contribution in [2.45, 2.75) is 53.2 Å². The summed E-state index contributed by atoms with van der Waals surface area (Å²) in [6.07, 6.45) is 1.32. The molecule has 0 spiro atoms. The molecule has 1 heterocycles. The summed E-state index contributed by atoms with van der Waals surface area (Å²) in [6, 6.07) is 17.5. The molecule has 0 N–H and O–H groups in total. The fourth-order valence-electron chi connectivity index (χ4n) is 4.11. The molecule has 0 atom stereocenters. The zero-order valence-electron chi connectivity index (χ0n) is 19.0. The van der Waals surface area contributed by atoms with Crippen LogP contribution < -0.4 is 0 Å². The fourth-order valence-corrected chi connectivity index (χ4v) is 7.72. The van der Waals surface area contributed by atoms with E-state index in [0.717, 1.165) is 6.42 Å². The van der Waals surface area contributed by atoms with E-state index in [0.29, 0.717) is 28.5 Å². The third-order valence-electron chi connectivity index (χ3n) is 5.75. The van der Waals surface area contributed by atoms with E-state index >= 15 is 0 Å². The van der Waals surface area contributed by atoms with Gasteiger partial charge in [-0.25, -0.2) is 16.8 Å². The predicted octanol–water partition coefficient (Wildman–Crippen LogP) is 6.40. The van der Waals surface area contributed by atoms with E-state index in [1.54, 1.807) is 56.3 Å². The van der Waals surface area contributed by atoms with Gasteiger partial charge in [0, 0.05) is 11.5 Å². The Kier molecular flexibility index (Phi) is 6.50. The standard InChI is InChI=1S/C26H24O5S3/c1-4-9-19-14-25(32)31-21-15-20(33(27,28)22-12-7-5-10-17(22)2)16-24(26(19)21)34(29,30)23-13-8-6-11-18(23)3/h5-8,10-16H,4,9H2,1-3H3. The second-order valence-corrected chi connectivity index (χ2v) is 12.4. The number of sulfone groups is 2. The van der Waals surface area contributed by atoms with Crippen LogP contribution in [-0.4, -0.2) is 16.8 Å². The predicted molar refractivity (Wildman–Crippen MR) is 134 cm³/mol. The van der Waals surface area contributed by atoms with Crippen molar-refractivity contribution in [3.05, 3.63) is 88.1 Å². The third kappa shape index (κ3) is 4.21. The molecular weight excluding hydrogens is 488 g/mol. The first-order valence-corrected chi connectivity index (χ1v) is 14.2. The first kappa shape index (κ1) is 24.3. The Balaban J connectivity index is 2.15. The second-order valence-electron chi connectivity index (χ2n) is 8.17. The van der Waals surface area contributed by atoms with E-state index < -0.39 is 19.7 Å². The Hall–Kier alpha value is -2.81. The molecule has 3 aromatic carbocycles. The number of hydrogen-bond acceptors (Lipinski definition) is 6. The maximum atomic E-state index is 13.9. The Morgan fingerprint density at radius 2 is 1.32 bits per heavy atom. The van der Waals surface area contributed by atoms with Crippen LogP contribution in [0.1, 0.15) is 30.0 Å². The Morgan fingerprint density at radius 3 is 1.88 bits per heavy atom. The Bertz CT molecular complexity index is 1680. The zero-order chi connectivity index (χ0) is 24.7. The Morgan fingerprint density at radius 1 is 0.765 bits per heavy atom. The van der Waals surface area contributed by atoms with Crippen molar-refractivity contribution in [2.24, 2.45) is 0 Å². The lowest BCUT2D eigenvalue weighted by Gasteiger charge is -2.16. The lowest BCUT2D eigenvalue weighted by atomic mass is 10.1. The smallest absolute Gasteiger partial charge is 0.207 e. The molecule has 0 unspecified atom stereocenters. The SMILES string of the molecule is CCCc1cc(=S)oc2cc(S(=O)(=O)c3ccccc3C)cc(S(=O)(=O)c3ccccc3C)c12. The first-order chi connectivity index (χ1) is 16.1. The van der Waals surface area contributed by atoms with Gasteiger partial charge in [-0.3, -0.25) is 0 Å². The Labute approximate surface area is 204 Å². The molecule has 0 fully saturated rings. The summed E-state index contributed by atoms with van der Waals surface area (Å²) in [5.41, 5.74) is 1.97. The summed E-state index contributed by atoms with van der Waals surface area (Å²) in [4.78, 5) is -0.0366. The van der Waals surface area contributed by atoms with Gasteiger partial charge in [-0.1, -0.05) is 49.7 Å². The molecule has 0 aliphatic carbocycles. The monoisotopic (exact) mass is 512 g/mol. The van der Waals surface area contributed by atoms with Gasteiger partial charge in [0.05, 0.1) is 19.6 Å². The number of fused-ring (bicyclic) bond motifs is 1. The number of benzene rings is 3. The lowest BCUT2D eigenvalue weighted by molar-refractivity contribution is 0.576. The van der Waals surface area contributed by atoms with Crippen LogP contribution in [0.3, 0.4) is 0 Å². The van der Waals surface area contributed by atoms with Crippen LogP contribution in [0.25, 0.3) is 11.0 Å². The topological polar surface area (TPSA) is 81.4 Å². The number of aryl methyl sites for hydroxylation is 3. The highest BCUT2D eigenvalue weighted by Gasteiger charge is 2.29. The molecule has 0 saturated heterocycles. The molecule has 0 amide bonds. The van der Waals surface area contributed by atoms with Crippen LogP contribution in [0.4, 0.5) is 0 Å². The molecule has 1 aromatic heterocycles. The van der Waals surface area contributed by atoms with E-state index in [1.165, 1.54) is 24.3 Å². The molecule has 0 saturated carbocycles. The summed E-state index contributed by atoms with van der Waals surface area (Å²) in [7, 11) is -8.12. The molecule has 0 aliphatic rings. The van der Waals surface area contributed by atoms with Gasteiger partial charge >= 0.3 is 0 Å². The van der Waals surface area contributed by atoms with Crippen molar-refractivity contribution in [1.29, 1.82) is 0 Å². The van der Waals surface area contributed by atoms with E-state index in [-0.39, 0.29) is 29.9 Å². The first-order valence-electron chi connectivity index (χ1n) is 10.8. The summed E-state index contributed by atoms with van der Waals surface area (Å²) >= 11 is 5.28. The van der Waals surface area contributed by atoms with E-state index in [1.807, 2.05) is 6.92 Å². The van der Waals surface area contributed by atoms with Crippen LogP contribution in [0.2, 0.25) is 0 Å². The molecule has 4 rings (SSSR count). The normalized spacial score (nSPS) is 12.2. The minimum Gasteiger partial charge on any atom is -0.445 e. The summed E-state index contributed by atoms with van der Waals surface area (Å²) in [5, 5.41) is 0.363. The quantitative estimate of drug-likeness (QED) is 0.278. The van der Waals surface area contributed by atoms with Gasteiger partial charge in [0.2, 0.25) is 19.7 Å². The fraction of sp³-hybridized carbons (Fsp3) is 0.192. The maximum Gasteiger partial charge on any atom is 0.207 e. The van der Waals surface area contributed by atoms with Crippen LogP contribution in [0, 0.1) is 18.6 Å². The van der Waals surface area contributed by atoms with Crippen LogP contribution in [0.5, 0.6) is 0 Å². The highest BCUT2D eigenvalue weighted by molar-refractivity contribution is 7.92. The summed E-state index contributed by atoms with van der Waals surface area (Å²) < 4.78 is 61.0. The van der Waals surface area contributed by atoms with Crippen molar-refractivity contribution >= 4 is 42.9 Å². The largest absolute Gasteiger partial charge is 0.445 e. The average Bonchev–Trinajstić information content (AvgIpc) is 2.78. The van der Waals surface area contributed by atoms with Gasteiger partial charge in [-0.05, 0) is 73.4 Å². The van der Waals surface area contributed by atoms with Gasteiger partial charge in [-0.15, -0.1) is 0 Å². The minimum absolute atomic E-state index is 0.103. The zero-order valence-corrected chi connectivity index (χ0v) is 21.5. The lowest BCUT2D eigenvalue weighted by Crippen LogP contribution is -2.10. The average molecular weight is 513 g/mol. The highest BCUT2D eigenvalue weighted by Crippen LogP contribution is 2.37. The van der Waals surface area contributed by atoms with E-state index in [4.69, 9.17) is 16.6 Å². The highest BCUT2D eigenvalue weighted by atomic mass is 32.2. The van der Waals surface area contributed by atoms with Crippen molar-refractivity contribution in [2.75, 3.05) is 0 Å². The number of hydrogen-bond donors (Lipinski definition) is 0. The van der Waals surface area contributed by atoms with Gasteiger partial charge in [0.1, 0.15) is 5.58 Å². The minimum atomic E-state index is -4.08. The molecule has 34 heavy (non-hydrogen) atoms. The van der Waals surface area contributed by atoms with Crippen molar-refractivity contribution in [3.63, 3.8) is 0 Å². The van der Waals surface area contributed by atoms with Crippen LogP contribution >= 0.6 is 12.2 Å². The molecule has 0 aliphatic heterocycles. The molecule has 0 radical (unpaired) electrons. The van der Waals surface area contributed by atoms with Crippen molar-refractivity contribution in [1.82, 2.24) is 0 Å². The molecule has 0 bridgehead atoms. The van der Waals surface area contributed by atoms with Crippen LogP contribution in [-0.2, 0) is 26.1 Å². The summed E-state index contributed by atoms with van der Waals surface area (Å²) in [5.74, 6) is 0. The van der Waals surface area contributed by atoms with E-state index in [9.17, 15) is 16.8 Å². The summed E-state index contributed by atoms with van der Waals surface area (Å²) in [6.45, 7) is 5.39. The van der Waals surface area contributed by atoms with Crippen molar-refractivity contribution < 1.29 is 21.3 Å². The van der Waals surface area contributed by atoms with Crippen LogP contribution in [0.15, 0.2) is 90.7 Å². The van der Waals surface area contributed by atoms with Gasteiger partial charge < -0.3 is 4.42 Å². The molecule has 5 nitrogen and oxygen atoms in total. The van der Waals surface area contributed by atoms with Gasteiger partial charge in [-0.2, -0.15) is 0 Å². The molecule has 176 valence electrons. The van der Waals surface area contributed by atoms with Gasteiger partial charge in [0.15, 0.2) is 4.71 Å². The molecule has 4 aromatic rings. The maximum absolute atomic E-state index is 13.9. The van der Waals surface area contributed by atoms with E-state index in [2.05, 4.69) is 0 Å². The second kappa shape index (κ2) is 9.09. The molecule has 8 heteroatoms.